The van der Waals surface area contributed by atoms with Crippen LogP contribution in [0.2, 0.25) is 5.15 Å². The van der Waals surface area contributed by atoms with E-state index in [2.05, 4.69) is 4.98 Å². The fourth-order valence-corrected chi connectivity index (χ4v) is 1.30. The molecular formula is C4H5ClN2S. The Hall–Kier alpha value is -0.280. The van der Waals surface area contributed by atoms with Gasteiger partial charge in [0.1, 0.15) is 5.00 Å². The van der Waals surface area contributed by atoms with Gasteiger partial charge in [-0.25, -0.2) is 4.98 Å². The van der Waals surface area contributed by atoms with Crippen LogP contribution in [0.1, 0.15) is 5.01 Å². The van der Waals surface area contributed by atoms with E-state index < -0.39 is 0 Å². The number of hydrogen-bond donors (Lipinski definition) is 1. The van der Waals surface area contributed by atoms with Crippen LogP contribution >= 0.6 is 22.9 Å². The van der Waals surface area contributed by atoms with Gasteiger partial charge in [-0.1, -0.05) is 11.6 Å². The number of aromatic nitrogens is 1. The molecule has 1 aromatic rings. The molecule has 1 rings (SSSR count). The summed E-state index contributed by atoms with van der Waals surface area (Å²) >= 11 is 6.91. The van der Waals surface area contributed by atoms with Crippen molar-refractivity contribution in [3.63, 3.8) is 0 Å². The fraction of sp³-hybridized carbons (Fsp3) is 0.250. The Labute approximate surface area is 56.3 Å². The molecule has 0 radical (unpaired) electrons. The molecule has 0 unspecified atom stereocenters. The van der Waals surface area contributed by atoms with E-state index in [1.54, 1.807) is 0 Å². The maximum atomic E-state index is 5.50. The predicted molar refractivity (Wildman–Crippen MR) is 36.3 cm³/mol. The summed E-state index contributed by atoms with van der Waals surface area (Å²) in [6, 6.07) is 0. The van der Waals surface area contributed by atoms with E-state index >= 15 is 0 Å². The van der Waals surface area contributed by atoms with E-state index in [1.165, 1.54) is 11.3 Å². The van der Waals surface area contributed by atoms with Crippen LogP contribution in [0.5, 0.6) is 0 Å². The maximum absolute atomic E-state index is 5.50. The number of anilines is 1. The van der Waals surface area contributed by atoms with Gasteiger partial charge in [0, 0.05) is 0 Å². The van der Waals surface area contributed by atoms with Crippen LogP contribution in [-0.4, -0.2) is 4.98 Å². The smallest absolute Gasteiger partial charge is 0.163 e. The quantitative estimate of drug-likeness (QED) is 0.608. The third kappa shape index (κ3) is 0.928. The molecule has 0 saturated heterocycles. The monoisotopic (exact) mass is 148 g/mol. The van der Waals surface area contributed by atoms with Crippen molar-refractivity contribution in [1.82, 2.24) is 4.98 Å². The molecule has 0 aliphatic rings. The summed E-state index contributed by atoms with van der Waals surface area (Å²) in [5.74, 6) is 0. The highest BCUT2D eigenvalue weighted by atomic mass is 35.5. The molecule has 2 N–H and O–H groups in total. The van der Waals surface area contributed by atoms with Crippen LogP contribution in [0.25, 0.3) is 0 Å². The van der Waals surface area contributed by atoms with Gasteiger partial charge in [0.2, 0.25) is 0 Å². The first-order valence-corrected chi connectivity index (χ1v) is 3.28. The number of halogens is 1. The molecule has 8 heavy (non-hydrogen) atoms. The van der Waals surface area contributed by atoms with Gasteiger partial charge in [0.25, 0.3) is 0 Å². The summed E-state index contributed by atoms with van der Waals surface area (Å²) in [6.07, 6.45) is 0. The van der Waals surface area contributed by atoms with Crippen LogP contribution in [0.15, 0.2) is 0 Å². The standard InChI is InChI=1S/C4H5ClN2S/c1-2-7-3(5)4(6)8-2/h6H2,1H3. The number of thiazole rings is 1. The Morgan fingerprint density at radius 3 is 2.50 bits per heavy atom. The number of nitrogens with two attached hydrogens (primary N) is 1. The van der Waals surface area contributed by atoms with Crippen molar-refractivity contribution in [3.05, 3.63) is 10.2 Å². The van der Waals surface area contributed by atoms with E-state index in [-0.39, 0.29) is 0 Å². The summed E-state index contributed by atoms with van der Waals surface area (Å²) in [5.41, 5.74) is 5.36. The van der Waals surface area contributed by atoms with Gasteiger partial charge in [0.15, 0.2) is 5.15 Å². The number of nitrogens with zero attached hydrogens (tertiary/aromatic N) is 1. The first kappa shape index (κ1) is 5.85. The lowest BCUT2D eigenvalue weighted by Crippen LogP contribution is -1.76. The van der Waals surface area contributed by atoms with Crippen molar-refractivity contribution < 1.29 is 0 Å². The van der Waals surface area contributed by atoms with Crippen LogP contribution in [0, 0.1) is 6.92 Å². The molecule has 0 spiro atoms. The van der Waals surface area contributed by atoms with Crippen molar-refractivity contribution in [3.8, 4) is 0 Å². The second-order valence-corrected chi connectivity index (χ2v) is 2.98. The molecule has 1 aromatic heterocycles. The Balaban J connectivity index is 3.14. The largest absolute Gasteiger partial charge is 0.388 e. The second kappa shape index (κ2) is 1.91. The summed E-state index contributed by atoms with van der Waals surface area (Å²) < 4.78 is 0. The fourth-order valence-electron chi connectivity index (χ4n) is 0.417. The molecule has 0 aliphatic carbocycles. The third-order valence-corrected chi connectivity index (χ3v) is 1.92. The van der Waals surface area contributed by atoms with Crippen LogP contribution in [0.3, 0.4) is 0 Å². The van der Waals surface area contributed by atoms with Crippen LogP contribution in [0.4, 0.5) is 5.00 Å². The van der Waals surface area contributed by atoms with Gasteiger partial charge < -0.3 is 5.73 Å². The molecule has 0 aromatic carbocycles. The van der Waals surface area contributed by atoms with E-state index in [0.29, 0.717) is 10.2 Å². The van der Waals surface area contributed by atoms with Crippen molar-refractivity contribution >= 4 is 27.9 Å². The topological polar surface area (TPSA) is 38.9 Å². The molecular weight excluding hydrogens is 144 g/mol. The van der Waals surface area contributed by atoms with E-state index in [1.807, 2.05) is 6.92 Å². The molecule has 0 amide bonds. The zero-order valence-electron chi connectivity index (χ0n) is 4.31. The molecule has 1 heterocycles. The van der Waals surface area contributed by atoms with E-state index in [0.717, 1.165) is 5.01 Å². The minimum Gasteiger partial charge on any atom is -0.388 e. The molecule has 0 bridgehead atoms. The van der Waals surface area contributed by atoms with Crippen molar-refractivity contribution in [2.75, 3.05) is 5.73 Å². The molecule has 44 valence electrons. The Morgan fingerprint density at radius 2 is 2.38 bits per heavy atom. The summed E-state index contributed by atoms with van der Waals surface area (Å²) in [7, 11) is 0. The minimum atomic E-state index is 0.424. The molecule has 2 nitrogen and oxygen atoms in total. The van der Waals surface area contributed by atoms with E-state index in [4.69, 9.17) is 17.3 Å². The minimum absolute atomic E-state index is 0.424. The Kier molecular flexibility index (Phi) is 1.40. The number of hydrogen-bond acceptors (Lipinski definition) is 3. The molecule has 0 atom stereocenters. The number of aryl methyl sites for hydroxylation is 1. The molecule has 4 heteroatoms. The number of nitrogen functional groups attached to an aromatic ring is 1. The third-order valence-electron chi connectivity index (χ3n) is 0.717. The van der Waals surface area contributed by atoms with Crippen LogP contribution in [-0.2, 0) is 0 Å². The van der Waals surface area contributed by atoms with Gasteiger partial charge in [-0.05, 0) is 6.92 Å². The van der Waals surface area contributed by atoms with Gasteiger partial charge >= 0.3 is 0 Å². The zero-order valence-corrected chi connectivity index (χ0v) is 5.88. The summed E-state index contributed by atoms with van der Waals surface area (Å²) in [4.78, 5) is 3.87. The highest BCUT2D eigenvalue weighted by molar-refractivity contribution is 7.16. The van der Waals surface area contributed by atoms with Crippen LogP contribution < -0.4 is 5.73 Å². The second-order valence-electron chi connectivity index (χ2n) is 1.39. The van der Waals surface area contributed by atoms with Gasteiger partial charge in [-0.15, -0.1) is 11.3 Å². The highest BCUT2D eigenvalue weighted by Crippen LogP contribution is 2.23. The lowest BCUT2D eigenvalue weighted by atomic mass is 10.8. The normalized spacial score (nSPS) is 9.75. The van der Waals surface area contributed by atoms with E-state index in [9.17, 15) is 0 Å². The van der Waals surface area contributed by atoms with Crippen molar-refractivity contribution in [1.29, 1.82) is 0 Å². The summed E-state index contributed by atoms with van der Waals surface area (Å²) in [5, 5.41) is 1.93. The Bertz CT molecular complexity index is 176. The molecule has 0 saturated carbocycles. The average molecular weight is 149 g/mol. The van der Waals surface area contributed by atoms with Crippen molar-refractivity contribution in [2.45, 2.75) is 6.92 Å². The van der Waals surface area contributed by atoms with Gasteiger partial charge in [-0.3, -0.25) is 0 Å². The maximum Gasteiger partial charge on any atom is 0.163 e. The first-order valence-electron chi connectivity index (χ1n) is 2.08. The summed E-state index contributed by atoms with van der Waals surface area (Å²) in [6.45, 7) is 1.87. The lowest BCUT2D eigenvalue weighted by molar-refractivity contribution is 1.30. The average Bonchev–Trinajstić information content (AvgIpc) is 1.85. The van der Waals surface area contributed by atoms with Crippen molar-refractivity contribution in [2.24, 2.45) is 0 Å². The Morgan fingerprint density at radius 1 is 1.75 bits per heavy atom. The molecule has 0 aliphatic heterocycles. The zero-order chi connectivity index (χ0) is 6.15. The van der Waals surface area contributed by atoms with Gasteiger partial charge in [-0.2, -0.15) is 0 Å². The first-order chi connectivity index (χ1) is 3.70. The SMILES string of the molecule is Cc1nc(Cl)c(N)s1. The van der Waals surface area contributed by atoms with Gasteiger partial charge in [0.05, 0.1) is 5.01 Å². The highest BCUT2D eigenvalue weighted by Gasteiger charge is 1.99. The molecule has 0 fully saturated rings. The lowest BCUT2D eigenvalue weighted by Gasteiger charge is -1.75. The number of rotatable bonds is 0. The predicted octanol–water partition coefficient (Wildman–Crippen LogP) is 1.69.